The molecule has 3 nitrogen and oxygen atoms in total. The van der Waals surface area contributed by atoms with Crippen molar-refractivity contribution in [3.05, 3.63) is 33.8 Å². The van der Waals surface area contributed by atoms with Crippen LogP contribution in [0.1, 0.15) is 29.8 Å². The molecule has 1 fully saturated rings. The zero-order valence-corrected chi connectivity index (χ0v) is 12.7. The molecule has 0 aromatic heterocycles. The average molecular weight is 311 g/mol. The average Bonchev–Trinajstić information content (AvgIpc) is 2.31. The van der Waals surface area contributed by atoms with Crippen molar-refractivity contribution in [3.8, 4) is 0 Å². The molecule has 4 heteroatoms. The normalized spacial score (nSPS) is 18.8. The number of benzene rings is 1. The van der Waals surface area contributed by atoms with Gasteiger partial charge in [-0.2, -0.15) is 0 Å². The topological polar surface area (TPSA) is 32.3 Å². The quantitative estimate of drug-likeness (QED) is 0.864. The van der Waals surface area contributed by atoms with Crippen molar-refractivity contribution in [2.45, 2.75) is 26.3 Å². The highest BCUT2D eigenvalue weighted by molar-refractivity contribution is 9.10. The highest BCUT2D eigenvalue weighted by Gasteiger charge is 2.34. The molecule has 1 N–H and O–H groups in total. The number of halogens is 1. The van der Waals surface area contributed by atoms with E-state index in [4.69, 9.17) is 0 Å². The van der Waals surface area contributed by atoms with Gasteiger partial charge in [0.15, 0.2) is 0 Å². The summed E-state index contributed by atoms with van der Waals surface area (Å²) >= 11 is 3.48. The van der Waals surface area contributed by atoms with E-state index < -0.39 is 0 Å². The molecule has 1 aromatic carbocycles. The lowest BCUT2D eigenvalue weighted by atomic mass is 9.97. The molecule has 1 aromatic rings. The van der Waals surface area contributed by atoms with Crippen molar-refractivity contribution in [2.24, 2.45) is 0 Å². The Balaban J connectivity index is 2.33. The number of carbonyl (C=O) groups excluding carboxylic acids is 1. The number of carbonyl (C=O) groups is 1. The van der Waals surface area contributed by atoms with Crippen LogP contribution in [0.3, 0.4) is 0 Å². The van der Waals surface area contributed by atoms with Crippen LogP contribution in [0.5, 0.6) is 0 Å². The molecular formula is C14H19BrN2O. The van der Waals surface area contributed by atoms with Crippen molar-refractivity contribution < 1.29 is 4.79 Å². The lowest BCUT2D eigenvalue weighted by Crippen LogP contribution is -2.59. The summed E-state index contributed by atoms with van der Waals surface area (Å²) in [5.41, 5.74) is 1.67. The molecule has 0 saturated carbocycles. The van der Waals surface area contributed by atoms with Crippen LogP contribution in [-0.4, -0.2) is 36.0 Å². The summed E-state index contributed by atoms with van der Waals surface area (Å²) < 4.78 is 0.987. The second-order valence-corrected chi connectivity index (χ2v) is 6.21. The van der Waals surface area contributed by atoms with Crippen LogP contribution in [0.2, 0.25) is 0 Å². The molecule has 0 atom stereocenters. The molecule has 0 aliphatic carbocycles. The fourth-order valence-corrected chi connectivity index (χ4v) is 2.71. The maximum Gasteiger partial charge on any atom is 0.254 e. The van der Waals surface area contributed by atoms with Crippen LogP contribution in [0.15, 0.2) is 22.7 Å². The van der Waals surface area contributed by atoms with Gasteiger partial charge in [0.25, 0.3) is 5.91 Å². The molecule has 0 radical (unpaired) electrons. The van der Waals surface area contributed by atoms with E-state index in [0.717, 1.165) is 35.2 Å². The van der Waals surface area contributed by atoms with Crippen molar-refractivity contribution in [2.75, 3.05) is 19.6 Å². The maximum absolute atomic E-state index is 12.7. The van der Waals surface area contributed by atoms with E-state index in [1.165, 1.54) is 0 Å². The Morgan fingerprint density at radius 2 is 2.17 bits per heavy atom. The minimum atomic E-state index is -0.135. The van der Waals surface area contributed by atoms with Crippen LogP contribution < -0.4 is 5.32 Å². The fraction of sp³-hybridized carbons (Fsp3) is 0.500. The van der Waals surface area contributed by atoms with Gasteiger partial charge in [0.1, 0.15) is 0 Å². The predicted octanol–water partition coefficient (Wildman–Crippen LogP) is 2.58. The van der Waals surface area contributed by atoms with Gasteiger partial charge in [-0.1, -0.05) is 22.0 Å². The van der Waals surface area contributed by atoms with Crippen molar-refractivity contribution in [1.82, 2.24) is 10.2 Å². The molecule has 98 valence electrons. The molecule has 2 rings (SSSR count). The lowest BCUT2D eigenvalue weighted by Gasteiger charge is -2.43. The summed E-state index contributed by atoms with van der Waals surface area (Å²) in [7, 11) is 0. The Bertz CT molecular complexity index is 471. The summed E-state index contributed by atoms with van der Waals surface area (Å²) in [4.78, 5) is 14.6. The highest BCUT2D eigenvalue weighted by atomic mass is 79.9. The number of rotatable bonds is 1. The van der Waals surface area contributed by atoms with Crippen LogP contribution >= 0.6 is 15.9 Å². The Kier molecular flexibility index (Phi) is 3.78. The van der Waals surface area contributed by atoms with Crippen LogP contribution in [-0.2, 0) is 0 Å². The SMILES string of the molecule is Cc1c(Br)cccc1C(=O)N1CCNCC1(C)C. The molecule has 1 aliphatic heterocycles. The minimum Gasteiger partial charge on any atom is -0.331 e. The van der Waals surface area contributed by atoms with Gasteiger partial charge < -0.3 is 10.2 Å². The van der Waals surface area contributed by atoms with Crippen LogP contribution in [0.25, 0.3) is 0 Å². The smallest absolute Gasteiger partial charge is 0.254 e. The summed E-state index contributed by atoms with van der Waals surface area (Å²) in [6, 6.07) is 5.79. The van der Waals surface area contributed by atoms with E-state index in [1.54, 1.807) is 0 Å². The number of nitrogens with zero attached hydrogens (tertiary/aromatic N) is 1. The number of hydrogen-bond donors (Lipinski definition) is 1. The molecule has 1 heterocycles. The molecule has 0 spiro atoms. The van der Waals surface area contributed by atoms with Gasteiger partial charge in [-0.25, -0.2) is 0 Å². The van der Waals surface area contributed by atoms with Gasteiger partial charge in [0, 0.05) is 29.7 Å². The second kappa shape index (κ2) is 5.02. The van der Waals surface area contributed by atoms with Crippen molar-refractivity contribution >= 4 is 21.8 Å². The van der Waals surface area contributed by atoms with E-state index >= 15 is 0 Å². The third-order valence-corrected chi connectivity index (χ3v) is 4.40. The van der Waals surface area contributed by atoms with Gasteiger partial charge >= 0.3 is 0 Å². The molecule has 1 aliphatic rings. The largest absolute Gasteiger partial charge is 0.331 e. The van der Waals surface area contributed by atoms with Crippen molar-refractivity contribution in [3.63, 3.8) is 0 Å². The molecule has 1 saturated heterocycles. The first-order valence-corrected chi connectivity index (χ1v) is 7.00. The molecule has 1 amide bonds. The zero-order chi connectivity index (χ0) is 13.3. The number of piperazine rings is 1. The second-order valence-electron chi connectivity index (χ2n) is 5.36. The Labute approximate surface area is 117 Å². The molecule has 0 unspecified atom stereocenters. The zero-order valence-electron chi connectivity index (χ0n) is 11.1. The van der Waals surface area contributed by atoms with E-state index in [2.05, 4.69) is 35.1 Å². The third-order valence-electron chi connectivity index (χ3n) is 3.54. The third kappa shape index (κ3) is 2.45. The van der Waals surface area contributed by atoms with Gasteiger partial charge in [-0.05, 0) is 38.5 Å². The number of amides is 1. The van der Waals surface area contributed by atoms with Gasteiger partial charge in [0.05, 0.1) is 5.54 Å². The molecular weight excluding hydrogens is 292 g/mol. The number of nitrogens with one attached hydrogen (secondary N) is 1. The standard InChI is InChI=1S/C14H19BrN2O/c1-10-11(5-4-6-12(10)15)13(18)17-8-7-16-9-14(17,2)3/h4-6,16H,7-9H2,1-3H3. The first kappa shape index (κ1) is 13.6. The van der Waals surface area contributed by atoms with Crippen LogP contribution in [0, 0.1) is 6.92 Å². The molecule has 0 bridgehead atoms. The Morgan fingerprint density at radius 1 is 1.44 bits per heavy atom. The van der Waals surface area contributed by atoms with Gasteiger partial charge in [-0.3, -0.25) is 4.79 Å². The first-order chi connectivity index (χ1) is 8.43. The monoisotopic (exact) mass is 310 g/mol. The Hall–Kier alpha value is -0.870. The van der Waals surface area contributed by atoms with Crippen molar-refractivity contribution in [1.29, 1.82) is 0 Å². The minimum absolute atomic E-state index is 0.125. The Morgan fingerprint density at radius 3 is 2.83 bits per heavy atom. The summed E-state index contributed by atoms with van der Waals surface area (Å²) in [5.74, 6) is 0.125. The fourth-order valence-electron chi connectivity index (χ4n) is 2.34. The highest BCUT2D eigenvalue weighted by Crippen LogP contribution is 2.24. The van der Waals surface area contributed by atoms with E-state index in [0.29, 0.717) is 0 Å². The van der Waals surface area contributed by atoms with E-state index in [-0.39, 0.29) is 11.4 Å². The summed E-state index contributed by atoms with van der Waals surface area (Å²) in [6.45, 7) is 8.65. The van der Waals surface area contributed by atoms with E-state index in [1.807, 2.05) is 30.0 Å². The van der Waals surface area contributed by atoms with Crippen LogP contribution in [0.4, 0.5) is 0 Å². The van der Waals surface area contributed by atoms with Gasteiger partial charge in [-0.15, -0.1) is 0 Å². The first-order valence-electron chi connectivity index (χ1n) is 6.21. The van der Waals surface area contributed by atoms with Gasteiger partial charge in [0.2, 0.25) is 0 Å². The summed E-state index contributed by atoms with van der Waals surface area (Å²) in [5, 5.41) is 3.33. The molecule has 18 heavy (non-hydrogen) atoms. The number of hydrogen-bond acceptors (Lipinski definition) is 2. The predicted molar refractivity (Wildman–Crippen MR) is 76.9 cm³/mol. The van der Waals surface area contributed by atoms with E-state index in [9.17, 15) is 4.79 Å². The lowest BCUT2D eigenvalue weighted by molar-refractivity contribution is 0.0476. The maximum atomic E-state index is 12.7. The summed E-state index contributed by atoms with van der Waals surface area (Å²) in [6.07, 6.45) is 0.